The number of rotatable bonds is 10. The molecule has 37 heavy (non-hydrogen) atoms. The Labute approximate surface area is 220 Å². The maximum atomic E-state index is 13.3. The first-order chi connectivity index (χ1) is 17.9. The second kappa shape index (κ2) is 12.3. The summed E-state index contributed by atoms with van der Waals surface area (Å²) >= 11 is 6.16. The van der Waals surface area contributed by atoms with E-state index in [9.17, 15) is 19.2 Å². The summed E-state index contributed by atoms with van der Waals surface area (Å²) < 4.78 is 0. The second-order valence-electron chi connectivity index (χ2n) is 8.95. The number of likely N-dealkylation sites (tertiary alicyclic amines) is 1. The molecule has 2 unspecified atom stereocenters. The van der Waals surface area contributed by atoms with Crippen LogP contribution in [-0.2, 0) is 38.7 Å². The fraction of sp³-hybridized carbons (Fsp3) is 0.241. The van der Waals surface area contributed by atoms with E-state index < -0.39 is 29.7 Å². The molecule has 1 fully saturated rings. The van der Waals surface area contributed by atoms with Gasteiger partial charge in [0.15, 0.2) is 0 Å². The standard InChI is InChI=1S/C29H28ClN3O4/c30-23-14-8-7-13-22(23)18-31-29(37)27(35)24(17-20-9-3-1-4-10-20)32-28(36)25-15-16-26(34)33(25)19-21-11-5-2-6-12-21/h1-14,24-25H,15-19H2,(H,31,37)(H,32,36). The largest absolute Gasteiger partial charge is 0.345 e. The predicted molar refractivity (Wildman–Crippen MR) is 140 cm³/mol. The van der Waals surface area contributed by atoms with Gasteiger partial charge in [0.1, 0.15) is 12.1 Å². The average molecular weight is 518 g/mol. The zero-order valence-corrected chi connectivity index (χ0v) is 21.0. The maximum Gasteiger partial charge on any atom is 0.289 e. The third-order valence-corrected chi connectivity index (χ3v) is 6.73. The fourth-order valence-corrected chi connectivity index (χ4v) is 4.58. The Bertz CT molecular complexity index is 1270. The van der Waals surface area contributed by atoms with Gasteiger partial charge in [-0.15, -0.1) is 0 Å². The monoisotopic (exact) mass is 517 g/mol. The Morgan fingerprint density at radius 3 is 2.19 bits per heavy atom. The summed E-state index contributed by atoms with van der Waals surface area (Å²) in [5, 5.41) is 5.85. The van der Waals surface area contributed by atoms with E-state index in [1.807, 2.05) is 60.7 Å². The molecule has 3 amide bonds. The number of carbonyl (C=O) groups is 4. The average Bonchev–Trinajstić information content (AvgIpc) is 3.28. The molecule has 0 saturated carbocycles. The Morgan fingerprint density at radius 1 is 0.892 bits per heavy atom. The second-order valence-corrected chi connectivity index (χ2v) is 9.36. The van der Waals surface area contributed by atoms with Crippen molar-refractivity contribution in [2.45, 2.75) is 44.4 Å². The van der Waals surface area contributed by atoms with Crippen LogP contribution in [0.5, 0.6) is 0 Å². The zero-order valence-electron chi connectivity index (χ0n) is 20.2. The van der Waals surface area contributed by atoms with Crippen molar-refractivity contribution >= 4 is 35.1 Å². The highest BCUT2D eigenvalue weighted by atomic mass is 35.5. The smallest absolute Gasteiger partial charge is 0.289 e. The molecule has 3 aromatic rings. The molecule has 1 heterocycles. The summed E-state index contributed by atoms with van der Waals surface area (Å²) in [6.45, 7) is 0.381. The number of nitrogens with one attached hydrogen (secondary N) is 2. The number of ketones is 1. The van der Waals surface area contributed by atoms with E-state index >= 15 is 0 Å². The molecule has 1 aliphatic heterocycles. The summed E-state index contributed by atoms with van der Waals surface area (Å²) in [6, 6.07) is 23.8. The van der Waals surface area contributed by atoms with Gasteiger partial charge >= 0.3 is 0 Å². The minimum Gasteiger partial charge on any atom is -0.345 e. The molecule has 3 aromatic carbocycles. The lowest BCUT2D eigenvalue weighted by molar-refractivity contribution is -0.141. The fourth-order valence-electron chi connectivity index (χ4n) is 4.37. The van der Waals surface area contributed by atoms with Gasteiger partial charge in [-0.25, -0.2) is 0 Å². The lowest BCUT2D eigenvalue weighted by atomic mass is 10.0. The molecule has 2 N–H and O–H groups in total. The van der Waals surface area contributed by atoms with Crippen LogP contribution in [0.1, 0.15) is 29.5 Å². The molecule has 0 aliphatic carbocycles. The lowest BCUT2D eigenvalue weighted by Crippen LogP contribution is -2.53. The third kappa shape index (κ3) is 6.83. The third-order valence-electron chi connectivity index (χ3n) is 6.36. The number of halogens is 1. The molecule has 7 nitrogen and oxygen atoms in total. The van der Waals surface area contributed by atoms with Crippen LogP contribution in [0.25, 0.3) is 0 Å². The number of benzene rings is 3. The molecule has 190 valence electrons. The molecule has 0 spiro atoms. The molecule has 1 aliphatic rings. The molecule has 0 radical (unpaired) electrons. The van der Waals surface area contributed by atoms with E-state index in [1.165, 1.54) is 4.90 Å². The van der Waals surface area contributed by atoms with Gasteiger partial charge in [0, 0.05) is 31.0 Å². The van der Waals surface area contributed by atoms with E-state index in [0.717, 1.165) is 11.1 Å². The van der Waals surface area contributed by atoms with Crippen LogP contribution in [0, 0.1) is 0 Å². The first-order valence-electron chi connectivity index (χ1n) is 12.2. The van der Waals surface area contributed by atoms with Crippen molar-refractivity contribution in [2.24, 2.45) is 0 Å². The van der Waals surface area contributed by atoms with Gasteiger partial charge in [0.2, 0.25) is 17.6 Å². The van der Waals surface area contributed by atoms with E-state index in [2.05, 4.69) is 10.6 Å². The Morgan fingerprint density at radius 2 is 1.51 bits per heavy atom. The van der Waals surface area contributed by atoms with Crippen LogP contribution in [0.2, 0.25) is 5.02 Å². The number of amides is 3. The zero-order chi connectivity index (χ0) is 26.2. The summed E-state index contributed by atoms with van der Waals surface area (Å²) in [6.07, 6.45) is 0.743. The van der Waals surface area contributed by atoms with E-state index in [4.69, 9.17) is 11.6 Å². The van der Waals surface area contributed by atoms with Gasteiger partial charge in [-0.05, 0) is 29.2 Å². The summed E-state index contributed by atoms with van der Waals surface area (Å²) in [7, 11) is 0. The highest BCUT2D eigenvalue weighted by Crippen LogP contribution is 2.22. The predicted octanol–water partition coefficient (Wildman–Crippen LogP) is 3.44. The van der Waals surface area contributed by atoms with Crippen molar-refractivity contribution in [1.82, 2.24) is 15.5 Å². The first kappa shape index (κ1) is 26.1. The van der Waals surface area contributed by atoms with Gasteiger partial charge < -0.3 is 15.5 Å². The minimum atomic E-state index is -1.09. The minimum absolute atomic E-state index is 0.0816. The Kier molecular flexibility index (Phi) is 8.69. The molecule has 8 heteroatoms. The van der Waals surface area contributed by atoms with Gasteiger partial charge in [-0.2, -0.15) is 0 Å². The highest BCUT2D eigenvalue weighted by molar-refractivity contribution is 6.38. The van der Waals surface area contributed by atoms with Gasteiger partial charge in [0.05, 0.1) is 0 Å². The number of hydrogen-bond donors (Lipinski definition) is 2. The van der Waals surface area contributed by atoms with Crippen LogP contribution in [0.15, 0.2) is 84.9 Å². The number of carbonyl (C=O) groups excluding carboxylic acids is 4. The van der Waals surface area contributed by atoms with Gasteiger partial charge in [-0.3, -0.25) is 19.2 Å². The van der Waals surface area contributed by atoms with Crippen LogP contribution in [-0.4, -0.2) is 40.5 Å². The molecular formula is C29H28ClN3O4. The number of nitrogens with zero attached hydrogens (tertiary/aromatic N) is 1. The van der Waals surface area contributed by atoms with Crippen molar-refractivity contribution in [2.75, 3.05) is 0 Å². The quantitative estimate of drug-likeness (QED) is 0.403. The maximum absolute atomic E-state index is 13.3. The van der Waals surface area contributed by atoms with Crippen LogP contribution in [0.4, 0.5) is 0 Å². The number of Topliss-reactive ketones (excluding diaryl/α,β-unsaturated/α-hetero) is 1. The van der Waals surface area contributed by atoms with Crippen molar-refractivity contribution < 1.29 is 19.2 Å². The summed E-state index contributed by atoms with van der Waals surface area (Å²) in [5.74, 6) is -2.14. The van der Waals surface area contributed by atoms with Crippen LogP contribution < -0.4 is 10.6 Å². The molecule has 1 saturated heterocycles. The first-order valence-corrected chi connectivity index (χ1v) is 12.5. The van der Waals surface area contributed by atoms with E-state index in [0.29, 0.717) is 23.6 Å². The van der Waals surface area contributed by atoms with Crippen LogP contribution in [0.3, 0.4) is 0 Å². The van der Waals surface area contributed by atoms with Gasteiger partial charge in [-0.1, -0.05) is 90.5 Å². The SMILES string of the molecule is O=C(NCc1ccccc1Cl)C(=O)C(Cc1ccccc1)NC(=O)C1CCC(=O)N1Cc1ccccc1. The van der Waals surface area contributed by atoms with Crippen molar-refractivity contribution in [3.63, 3.8) is 0 Å². The molecule has 0 bridgehead atoms. The van der Waals surface area contributed by atoms with Crippen LogP contribution >= 0.6 is 11.6 Å². The number of hydrogen-bond acceptors (Lipinski definition) is 4. The molecular weight excluding hydrogens is 490 g/mol. The highest BCUT2D eigenvalue weighted by Gasteiger charge is 2.38. The van der Waals surface area contributed by atoms with E-state index in [-0.39, 0.29) is 25.3 Å². The normalized spacial score (nSPS) is 15.8. The topological polar surface area (TPSA) is 95.6 Å². The Hall–Kier alpha value is -3.97. The van der Waals surface area contributed by atoms with Crippen molar-refractivity contribution in [3.05, 3.63) is 107 Å². The molecule has 2 atom stereocenters. The van der Waals surface area contributed by atoms with Crippen molar-refractivity contribution in [3.8, 4) is 0 Å². The van der Waals surface area contributed by atoms with Gasteiger partial charge in [0.25, 0.3) is 5.91 Å². The Balaban J connectivity index is 1.47. The molecule has 0 aromatic heterocycles. The van der Waals surface area contributed by atoms with Crippen molar-refractivity contribution in [1.29, 1.82) is 0 Å². The molecule has 4 rings (SSSR count). The lowest BCUT2D eigenvalue weighted by Gasteiger charge is -2.26. The summed E-state index contributed by atoms with van der Waals surface area (Å²) in [5.41, 5.74) is 2.38. The summed E-state index contributed by atoms with van der Waals surface area (Å²) in [4.78, 5) is 53.4. The van der Waals surface area contributed by atoms with E-state index in [1.54, 1.807) is 24.3 Å².